The van der Waals surface area contributed by atoms with Crippen LogP contribution in [0.1, 0.15) is 24.8 Å². The first kappa shape index (κ1) is 20.0. The number of halogens is 1. The SMILES string of the molecule is O=C(O)C1(CCc2ccc(Br)cc2)CCN(S(=O)(=O)c2ccccc2)CC1. The third-order valence-electron chi connectivity index (χ3n) is 5.32. The van der Waals surface area contributed by atoms with E-state index in [2.05, 4.69) is 15.9 Å². The van der Waals surface area contributed by atoms with Gasteiger partial charge in [-0.15, -0.1) is 0 Å². The van der Waals surface area contributed by atoms with E-state index in [0.717, 1.165) is 10.0 Å². The molecule has 7 heteroatoms. The molecule has 0 radical (unpaired) electrons. The molecule has 1 N–H and O–H groups in total. The Balaban J connectivity index is 1.70. The molecule has 0 unspecified atom stereocenters. The number of carboxylic acid groups (broad SMARTS) is 1. The van der Waals surface area contributed by atoms with E-state index in [1.807, 2.05) is 24.3 Å². The summed E-state index contributed by atoms with van der Waals surface area (Å²) in [6.07, 6.45) is 1.81. The van der Waals surface area contributed by atoms with Gasteiger partial charge in [-0.25, -0.2) is 8.42 Å². The number of carboxylic acids is 1. The Bertz CT molecular complexity index is 889. The number of carbonyl (C=O) groups is 1. The number of aliphatic carboxylic acids is 1. The summed E-state index contributed by atoms with van der Waals surface area (Å²) < 4.78 is 27.9. The molecule has 1 fully saturated rings. The van der Waals surface area contributed by atoms with Gasteiger partial charge in [0.15, 0.2) is 0 Å². The average Bonchev–Trinajstić information content (AvgIpc) is 2.68. The molecule has 3 rings (SSSR count). The molecule has 0 aliphatic carbocycles. The Morgan fingerprint density at radius 3 is 2.19 bits per heavy atom. The van der Waals surface area contributed by atoms with E-state index in [9.17, 15) is 18.3 Å². The van der Waals surface area contributed by atoms with E-state index >= 15 is 0 Å². The van der Waals surface area contributed by atoms with E-state index in [1.165, 1.54) is 4.31 Å². The molecule has 0 atom stereocenters. The molecule has 0 spiro atoms. The van der Waals surface area contributed by atoms with Crippen LogP contribution in [-0.2, 0) is 21.2 Å². The quantitative estimate of drug-likeness (QED) is 0.721. The predicted octanol–water partition coefficient (Wildman–Crippen LogP) is 3.94. The normalized spacial score (nSPS) is 17.5. The fraction of sp³-hybridized carbons (Fsp3) is 0.350. The zero-order valence-electron chi connectivity index (χ0n) is 14.8. The van der Waals surface area contributed by atoms with Gasteiger partial charge in [0.2, 0.25) is 10.0 Å². The van der Waals surface area contributed by atoms with Crippen molar-refractivity contribution in [2.45, 2.75) is 30.6 Å². The van der Waals surface area contributed by atoms with Crippen LogP contribution in [0.5, 0.6) is 0 Å². The van der Waals surface area contributed by atoms with E-state index in [4.69, 9.17) is 0 Å². The fourth-order valence-electron chi connectivity index (χ4n) is 3.50. The molecule has 0 amide bonds. The van der Waals surface area contributed by atoms with E-state index in [0.29, 0.717) is 25.7 Å². The Kier molecular flexibility index (Phi) is 6.03. The molecule has 2 aromatic carbocycles. The maximum atomic E-state index is 12.8. The first-order chi connectivity index (χ1) is 12.8. The standard InChI is InChI=1S/C20H22BrNO4S/c21-17-8-6-16(7-9-17)10-11-20(19(23)24)12-14-22(15-13-20)27(25,26)18-4-2-1-3-5-18/h1-9H,10-15H2,(H,23,24). The second-order valence-electron chi connectivity index (χ2n) is 6.93. The lowest BCUT2D eigenvalue weighted by Gasteiger charge is -2.38. The van der Waals surface area contributed by atoms with Crippen LogP contribution >= 0.6 is 15.9 Å². The molecular formula is C20H22BrNO4S. The molecule has 27 heavy (non-hydrogen) atoms. The van der Waals surface area contributed by atoms with Crippen LogP contribution in [0.3, 0.4) is 0 Å². The van der Waals surface area contributed by atoms with Gasteiger partial charge in [0.05, 0.1) is 10.3 Å². The zero-order chi connectivity index (χ0) is 19.5. The maximum Gasteiger partial charge on any atom is 0.309 e. The van der Waals surface area contributed by atoms with Gasteiger partial charge in [0.25, 0.3) is 0 Å². The van der Waals surface area contributed by atoms with Gasteiger partial charge in [-0.05, 0) is 55.5 Å². The molecule has 0 aromatic heterocycles. The van der Waals surface area contributed by atoms with Crippen LogP contribution in [0.2, 0.25) is 0 Å². The highest BCUT2D eigenvalue weighted by molar-refractivity contribution is 9.10. The van der Waals surface area contributed by atoms with Gasteiger partial charge in [-0.3, -0.25) is 4.79 Å². The van der Waals surface area contributed by atoms with Gasteiger partial charge in [-0.2, -0.15) is 4.31 Å². The van der Waals surface area contributed by atoms with E-state index in [1.54, 1.807) is 30.3 Å². The number of rotatable bonds is 6. The second kappa shape index (κ2) is 8.12. The van der Waals surface area contributed by atoms with Crippen LogP contribution in [0.15, 0.2) is 64.0 Å². The summed E-state index contributed by atoms with van der Waals surface area (Å²) in [5.74, 6) is -0.837. The minimum atomic E-state index is -3.57. The van der Waals surface area contributed by atoms with Gasteiger partial charge in [-0.1, -0.05) is 46.3 Å². The van der Waals surface area contributed by atoms with Crippen molar-refractivity contribution in [1.29, 1.82) is 0 Å². The Morgan fingerprint density at radius 1 is 1.04 bits per heavy atom. The van der Waals surface area contributed by atoms with Crippen molar-refractivity contribution in [2.24, 2.45) is 5.41 Å². The summed E-state index contributed by atoms with van der Waals surface area (Å²) >= 11 is 3.39. The molecular weight excluding hydrogens is 430 g/mol. The summed E-state index contributed by atoms with van der Waals surface area (Å²) in [4.78, 5) is 12.3. The van der Waals surface area contributed by atoms with Crippen LogP contribution < -0.4 is 0 Å². The number of nitrogens with zero attached hydrogens (tertiary/aromatic N) is 1. The monoisotopic (exact) mass is 451 g/mol. The zero-order valence-corrected chi connectivity index (χ0v) is 17.2. The van der Waals surface area contributed by atoms with Crippen molar-refractivity contribution in [2.75, 3.05) is 13.1 Å². The van der Waals surface area contributed by atoms with Crippen molar-refractivity contribution in [3.8, 4) is 0 Å². The van der Waals surface area contributed by atoms with Crippen molar-refractivity contribution >= 4 is 31.9 Å². The molecule has 1 saturated heterocycles. The van der Waals surface area contributed by atoms with Crippen molar-refractivity contribution < 1.29 is 18.3 Å². The smallest absolute Gasteiger partial charge is 0.309 e. The van der Waals surface area contributed by atoms with Crippen molar-refractivity contribution in [3.05, 3.63) is 64.6 Å². The molecule has 0 saturated carbocycles. The van der Waals surface area contributed by atoms with Crippen LogP contribution in [0.25, 0.3) is 0 Å². The molecule has 2 aromatic rings. The van der Waals surface area contributed by atoms with Crippen LogP contribution in [-0.4, -0.2) is 36.9 Å². The van der Waals surface area contributed by atoms with Crippen LogP contribution in [0, 0.1) is 5.41 Å². The largest absolute Gasteiger partial charge is 0.481 e. The third-order valence-corrected chi connectivity index (χ3v) is 7.76. The number of benzene rings is 2. The lowest BCUT2D eigenvalue weighted by Crippen LogP contribution is -2.46. The van der Waals surface area contributed by atoms with Crippen molar-refractivity contribution in [1.82, 2.24) is 4.31 Å². The fourth-order valence-corrected chi connectivity index (χ4v) is 5.23. The number of aryl methyl sites for hydroxylation is 1. The highest BCUT2D eigenvalue weighted by Gasteiger charge is 2.43. The Hall–Kier alpha value is -1.70. The molecule has 1 aliphatic heterocycles. The molecule has 1 aliphatic rings. The number of hydrogen-bond acceptors (Lipinski definition) is 3. The maximum absolute atomic E-state index is 12.8. The highest BCUT2D eigenvalue weighted by atomic mass is 79.9. The summed E-state index contributed by atoms with van der Waals surface area (Å²) in [6, 6.07) is 16.1. The summed E-state index contributed by atoms with van der Waals surface area (Å²) in [5.41, 5.74) is 0.202. The first-order valence-corrected chi connectivity index (χ1v) is 11.1. The molecule has 1 heterocycles. The third kappa shape index (κ3) is 4.42. The minimum absolute atomic E-state index is 0.226. The Morgan fingerprint density at radius 2 is 1.63 bits per heavy atom. The topological polar surface area (TPSA) is 74.7 Å². The second-order valence-corrected chi connectivity index (χ2v) is 9.78. The number of sulfonamides is 1. The Labute approximate surface area is 168 Å². The van der Waals surface area contributed by atoms with Gasteiger partial charge >= 0.3 is 5.97 Å². The van der Waals surface area contributed by atoms with Gasteiger partial charge < -0.3 is 5.11 Å². The summed E-state index contributed by atoms with van der Waals surface area (Å²) in [6.45, 7) is 0.452. The van der Waals surface area contributed by atoms with Gasteiger partial charge in [0, 0.05) is 17.6 Å². The van der Waals surface area contributed by atoms with Gasteiger partial charge in [0.1, 0.15) is 0 Å². The predicted molar refractivity (Wildman–Crippen MR) is 107 cm³/mol. The minimum Gasteiger partial charge on any atom is -0.481 e. The van der Waals surface area contributed by atoms with E-state index in [-0.39, 0.29) is 18.0 Å². The highest BCUT2D eigenvalue weighted by Crippen LogP contribution is 2.38. The van der Waals surface area contributed by atoms with Crippen molar-refractivity contribution in [3.63, 3.8) is 0 Å². The molecule has 5 nitrogen and oxygen atoms in total. The lowest BCUT2D eigenvalue weighted by molar-refractivity contribution is -0.151. The lowest BCUT2D eigenvalue weighted by atomic mass is 9.74. The number of piperidine rings is 1. The molecule has 0 bridgehead atoms. The molecule has 144 valence electrons. The average molecular weight is 452 g/mol. The summed E-state index contributed by atoms with van der Waals surface area (Å²) in [7, 11) is -3.57. The summed E-state index contributed by atoms with van der Waals surface area (Å²) in [5, 5.41) is 9.84. The van der Waals surface area contributed by atoms with E-state index < -0.39 is 21.4 Å². The number of hydrogen-bond donors (Lipinski definition) is 1. The van der Waals surface area contributed by atoms with Crippen LogP contribution in [0.4, 0.5) is 0 Å². The first-order valence-electron chi connectivity index (χ1n) is 8.87.